The second kappa shape index (κ2) is 4.19. The Bertz CT molecular complexity index is 183. The molecule has 2 aliphatic rings. The maximum atomic E-state index is 10.4. The molecule has 1 N–H and O–H groups in total. The van der Waals surface area contributed by atoms with Crippen molar-refractivity contribution >= 4 is 0 Å². The highest BCUT2D eigenvalue weighted by atomic mass is 16.5. The van der Waals surface area contributed by atoms with E-state index < -0.39 is 0 Å². The largest absolute Gasteiger partial charge is 0.390 e. The maximum Gasteiger partial charge on any atom is 0.0674 e. The van der Waals surface area contributed by atoms with Gasteiger partial charge in [0.1, 0.15) is 0 Å². The van der Waals surface area contributed by atoms with Gasteiger partial charge >= 0.3 is 0 Å². The van der Waals surface area contributed by atoms with Crippen LogP contribution in [0.5, 0.6) is 0 Å². The lowest BCUT2D eigenvalue weighted by Gasteiger charge is -2.27. The summed E-state index contributed by atoms with van der Waals surface area (Å²) in [6, 6.07) is 0. The number of rotatable bonds is 5. The van der Waals surface area contributed by atoms with Gasteiger partial charge in [-0.1, -0.05) is 6.92 Å². The van der Waals surface area contributed by atoms with E-state index in [2.05, 4.69) is 6.92 Å². The lowest BCUT2D eigenvalue weighted by molar-refractivity contribution is -0.0111. The third-order valence-electron chi connectivity index (χ3n) is 3.87. The van der Waals surface area contributed by atoms with Crippen LogP contribution < -0.4 is 0 Å². The summed E-state index contributed by atoms with van der Waals surface area (Å²) in [5.74, 6) is 0.592. The minimum Gasteiger partial charge on any atom is -0.390 e. The maximum absolute atomic E-state index is 10.4. The molecule has 82 valence electrons. The summed E-state index contributed by atoms with van der Waals surface area (Å²) in [7, 11) is 0. The predicted molar refractivity (Wildman–Crippen MR) is 56.2 cm³/mol. The first-order valence-corrected chi connectivity index (χ1v) is 6.08. The molecule has 2 atom stereocenters. The quantitative estimate of drug-likeness (QED) is 0.735. The van der Waals surface area contributed by atoms with E-state index in [1.165, 1.54) is 25.7 Å². The average molecular weight is 198 g/mol. The van der Waals surface area contributed by atoms with Gasteiger partial charge in [0.25, 0.3) is 0 Å². The van der Waals surface area contributed by atoms with Crippen molar-refractivity contribution in [2.24, 2.45) is 5.92 Å². The van der Waals surface area contributed by atoms with Crippen LogP contribution >= 0.6 is 0 Å². The fourth-order valence-corrected chi connectivity index (χ4v) is 2.57. The third kappa shape index (κ3) is 2.29. The summed E-state index contributed by atoms with van der Waals surface area (Å²) in [5.41, 5.74) is -0.369. The molecule has 1 saturated carbocycles. The van der Waals surface area contributed by atoms with E-state index in [9.17, 15) is 5.11 Å². The zero-order valence-corrected chi connectivity index (χ0v) is 9.17. The molecule has 2 nitrogen and oxygen atoms in total. The van der Waals surface area contributed by atoms with Crippen molar-refractivity contribution in [2.75, 3.05) is 6.61 Å². The van der Waals surface area contributed by atoms with Gasteiger partial charge in [0.15, 0.2) is 0 Å². The second-order valence-electron chi connectivity index (χ2n) is 4.91. The molecule has 1 aliphatic carbocycles. The monoisotopic (exact) mass is 198 g/mol. The molecule has 0 spiro atoms. The number of hydrogen-bond acceptors (Lipinski definition) is 2. The van der Waals surface area contributed by atoms with Crippen LogP contribution in [0.25, 0.3) is 0 Å². The number of aliphatic hydroxyl groups is 1. The van der Waals surface area contributed by atoms with E-state index in [0.717, 1.165) is 25.9 Å². The van der Waals surface area contributed by atoms with Gasteiger partial charge in [-0.15, -0.1) is 0 Å². The highest BCUT2D eigenvalue weighted by Crippen LogP contribution is 2.44. The van der Waals surface area contributed by atoms with Gasteiger partial charge in [-0.3, -0.25) is 0 Å². The van der Waals surface area contributed by atoms with Crippen LogP contribution in [0.3, 0.4) is 0 Å². The SMILES string of the molecule is CCC(O)(CCC1CCCO1)C1CC1. The fraction of sp³-hybridized carbons (Fsp3) is 1.00. The molecule has 2 fully saturated rings. The molecule has 0 radical (unpaired) electrons. The van der Waals surface area contributed by atoms with E-state index in [4.69, 9.17) is 4.74 Å². The van der Waals surface area contributed by atoms with E-state index in [1.807, 2.05) is 0 Å². The molecule has 2 heteroatoms. The van der Waals surface area contributed by atoms with Crippen LogP contribution in [0.2, 0.25) is 0 Å². The lowest BCUT2D eigenvalue weighted by atomic mass is 9.88. The standard InChI is InChI=1S/C12H22O2/c1-2-12(13,10-5-6-10)8-7-11-4-3-9-14-11/h10-11,13H,2-9H2,1H3. The normalized spacial score (nSPS) is 31.7. The summed E-state index contributed by atoms with van der Waals surface area (Å²) in [5, 5.41) is 10.4. The molecule has 0 aromatic heterocycles. The van der Waals surface area contributed by atoms with E-state index in [1.54, 1.807) is 0 Å². The minimum absolute atomic E-state index is 0.369. The topological polar surface area (TPSA) is 29.5 Å². The summed E-state index contributed by atoms with van der Waals surface area (Å²) in [4.78, 5) is 0. The number of hydrogen-bond donors (Lipinski definition) is 1. The van der Waals surface area contributed by atoms with Crippen LogP contribution in [0.1, 0.15) is 51.9 Å². The Morgan fingerprint density at radius 3 is 2.64 bits per heavy atom. The smallest absolute Gasteiger partial charge is 0.0674 e. The molecule has 0 bridgehead atoms. The van der Waals surface area contributed by atoms with Crippen molar-refractivity contribution in [1.29, 1.82) is 0 Å². The fourth-order valence-electron chi connectivity index (χ4n) is 2.57. The van der Waals surface area contributed by atoms with E-state index in [0.29, 0.717) is 12.0 Å². The van der Waals surface area contributed by atoms with Gasteiger partial charge < -0.3 is 9.84 Å². The molecular weight excluding hydrogens is 176 g/mol. The van der Waals surface area contributed by atoms with Crippen molar-refractivity contribution in [3.63, 3.8) is 0 Å². The lowest BCUT2D eigenvalue weighted by Crippen LogP contribution is -2.31. The molecule has 0 amide bonds. The van der Waals surface area contributed by atoms with Crippen LogP contribution in [0, 0.1) is 5.92 Å². The van der Waals surface area contributed by atoms with Gasteiger partial charge in [0.2, 0.25) is 0 Å². The molecule has 2 rings (SSSR count). The second-order valence-corrected chi connectivity index (χ2v) is 4.91. The zero-order valence-electron chi connectivity index (χ0n) is 9.17. The predicted octanol–water partition coefficient (Wildman–Crippen LogP) is 2.50. The zero-order chi connectivity index (χ0) is 10.0. The Hall–Kier alpha value is -0.0800. The molecule has 2 unspecified atom stereocenters. The van der Waals surface area contributed by atoms with E-state index in [-0.39, 0.29) is 5.60 Å². The van der Waals surface area contributed by atoms with Gasteiger partial charge in [0.05, 0.1) is 11.7 Å². The molecule has 14 heavy (non-hydrogen) atoms. The van der Waals surface area contributed by atoms with Gasteiger partial charge in [-0.2, -0.15) is 0 Å². The summed E-state index contributed by atoms with van der Waals surface area (Å²) in [6.45, 7) is 3.03. The van der Waals surface area contributed by atoms with Crippen molar-refractivity contribution in [2.45, 2.75) is 63.6 Å². The summed E-state index contributed by atoms with van der Waals surface area (Å²) >= 11 is 0. The number of ether oxygens (including phenoxy) is 1. The Kier molecular flexibility index (Phi) is 3.13. The molecule has 1 aliphatic heterocycles. The van der Waals surface area contributed by atoms with Crippen molar-refractivity contribution in [3.05, 3.63) is 0 Å². The summed E-state index contributed by atoms with van der Waals surface area (Å²) in [6.07, 6.45) is 8.21. The Balaban J connectivity index is 1.76. The van der Waals surface area contributed by atoms with Crippen molar-refractivity contribution in [1.82, 2.24) is 0 Å². The van der Waals surface area contributed by atoms with Gasteiger partial charge in [0, 0.05) is 6.61 Å². The molecule has 0 aromatic rings. The Morgan fingerprint density at radius 2 is 2.14 bits per heavy atom. The molecule has 0 aromatic carbocycles. The highest BCUT2D eigenvalue weighted by molar-refractivity contribution is 4.94. The van der Waals surface area contributed by atoms with Crippen LogP contribution in [0.4, 0.5) is 0 Å². The van der Waals surface area contributed by atoms with Crippen LogP contribution in [0.15, 0.2) is 0 Å². The molecular formula is C12H22O2. The molecule has 1 saturated heterocycles. The van der Waals surface area contributed by atoms with Gasteiger partial charge in [-0.25, -0.2) is 0 Å². The summed E-state index contributed by atoms with van der Waals surface area (Å²) < 4.78 is 5.58. The highest BCUT2D eigenvalue weighted by Gasteiger charge is 2.42. The van der Waals surface area contributed by atoms with Crippen molar-refractivity contribution in [3.8, 4) is 0 Å². The average Bonchev–Trinajstić information content (AvgIpc) is 2.94. The molecule has 1 heterocycles. The van der Waals surface area contributed by atoms with E-state index >= 15 is 0 Å². The van der Waals surface area contributed by atoms with Crippen LogP contribution in [-0.4, -0.2) is 23.4 Å². The van der Waals surface area contributed by atoms with Crippen molar-refractivity contribution < 1.29 is 9.84 Å². The Labute approximate surface area is 86.6 Å². The third-order valence-corrected chi connectivity index (χ3v) is 3.87. The Morgan fingerprint density at radius 1 is 1.36 bits per heavy atom. The van der Waals surface area contributed by atoms with Crippen LogP contribution in [-0.2, 0) is 4.74 Å². The first-order chi connectivity index (χ1) is 6.74. The minimum atomic E-state index is -0.369. The first kappa shape index (κ1) is 10.4. The van der Waals surface area contributed by atoms with Gasteiger partial charge in [-0.05, 0) is 50.9 Å². The first-order valence-electron chi connectivity index (χ1n) is 6.08.